The maximum Gasteiger partial charge on any atom is 0.0746 e. The number of fused-ring (bicyclic) bond motifs is 1. The molecule has 1 aromatic heterocycles. The fourth-order valence-corrected chi connectivity index (χ4v) is 2.52. The third-order valence-electron chi connectivity index (χ3n) is 3.44. The van der Waals surface area contributed by atoms with Crippen LogP contribution in [0.3, 0.4) is 0 Å². The van der Waals surface area contributed by atoms with Crippen LogP contribution in [0.25, 0.3) is 5.57 Å². The molecule has 1 N–H and O–H groups in total. The molecule has 0 aliphatic carbocycles. The summed E-state index contributed by atoms with van der Waals surface area (Å²) in [6.45, 7) is 10.1. The van der Waals surface area contributed by atoms with Gasteiger partial charge in [-0.1, -0.05) is 19.2 Å². The summed E-state index contributed by atoms with van der Waals surface area (Å²) in [5, 5.41) is 0. The molecular weight excluding hydrogens is 212 g/mol. The van der Waals surface area contributed by atoms with Crippen LogP contribution in [0.5, 0.6) is 0 Å². The molecule has 0 amide bonds. The topological polar surface area (TPSA) is 37.4 Å². The fourth-order valence-electron chi connectivity index (χ4n) is 2.52. The first-order chi connectivity index (χ1) is 8.31. The molecule has 0 aromatic carbocycles. The van der Waals surface area contributed by atoms with Crippen molar-refractivity contribution in [3.8, 4) is 0 Å². The molecule has 3 heterocycles. The number of aromatic nitrogens is 1. The van der Waals surface area contributed by atoms with Gasteiger partial charge in [0.15, 0.2) is 0 Å². The number of aliphatic imine (C=N–C) groups is 1. The van der Waals surface area contributed by atoms with Crippen molar-refractivity contribution in [2.24, 2.45) is 4.99 Å². The quantitative estimate of drug-likeness (QED) is 0.794. The van der Waals surface area contributed by atoms with E-state index in [1.807, 2.05) is 0 Å². The minimum atomic E-state index is 0.668. The van der Waals surface area contributed by atoms with Crippen LogP contribution in [-0.4, -0.2) is 17.2 Å². The monoisotopic (exact) mass is 228 g/mol. The van der Waals surface area contributed by atoms with Gasteiger partial charge in [0.1, 0.15) is 0 Å². The van der Waals surface area contributed by atoms with Gasteiger partial charge in [-0.05, 0) is 18.4 Å². The average Bonchev–Trinajstić information content (AvgIpc) is 3.03. The van der Waals surface area contributed by atoms with E-state index >= 15 is 0 Å². The third kappa shape index (κ3) is 1.58. The van der Waals surface area contributed by atoms with Crippen LogP contribution in [0.1, 0.15) is 35.4 Å². The molecule has 0 saturated heterocycles. The number of allylic oxidation sites excluding steroid dienone is 2. The number of nitrogens with zero attached hydrogens (tertiary/aromatic N) is 1. The van der Waals surface area contributed by atoms with Crippen LogP contribution < -0.4 is 0 Å². The Morgan fingerprint density at radius 1 is 1.35 bits per heavy atom. The third-order valence-corrected chi connectivity index (χ3v) is 3.44. The SMILES string of the molecule is C=CC(=C)c1[nH]c(C2=NCCC2)c2c1COC2. The van der Waals surface area contributed by atoms with Crippen LogP contribution in [0.2, 0.25) is 0 Å². The van der Waals surface area contributed by atoms with Gasteiger partial charge in [0, 0.05) is 17.7 Å². The first-order valence-corrected chi connectivity index (χ1v) is 5.98. The number of hydrogen-bond acceptors (Lipinski definition) is 2. The molecule has 88 valence electrons. The van der Waals surface area contributed by atoms with Gasteiger partial charge in [-0.15, -0.1) is 0 Å². The second-order valence-electron chi connectivity index (χ2n) is 4.49. The Bertz CT molecular complexity index is 523. The van der Waals surface area contributed by atoms with Crippen LogP contribution in [0.4, 0.5) is 0 Å². The molecule has 2 aliphatic heterocycles. The smallest absolute Gasteiger partial charge is 0.0746 e. The molecule has 17 heavy (non-hydrogen) atoms. The van der Waals surface area contributed by atoms with Crippen LogP contribution >= 0.6 is 0 Å². The number of H-pyrrole nitrogens is 1. The van der Waals surface area contributed by atoms with E-state index in [0.29, 0.717) is 13.2 Å². The van der Waals surface area contributed by atoms with Crippen molar-refractivity contribution >= 4 is 11.3 Å². The van der Waals surface area contributed by atoms with Crippen LogP contribution in [-0.2, 0) is 18.0 Å². The zero-order chi connectivity index (χ0) is 11.8. The summed E-state index contributed by atoms with van der Waals surface area (Å²) in [6.07, 6.45) is 4.00. The van der Waals surface area contributed by atoms with Crippen LogP contribution in [0.15, 0.2) is 24.2 Å². The highest BCUT2D eigenvalue weighted by atomic mass is 16.5. The summed E-state index contributed by atoms with van der Waals surface area (Å²) in [5.41, 5.74) is 6.85. The molecular formula is C14H16N2O. The number of rotatable bonds is 3. The molecule has 0 spiro atoms. The van der Waals surface area contributed by atoms with E-state index in [1.165, 1.54) is 16.8 Å². The number of aromatic amines is 1. The average molecular weight is 228 g/mol. The Morgan fingerprint density at radius 3 is 2.88 bits per heavy atom. The summed E-state index contributed by atoms with van der Waals surface area (Å²) in [4.78, 5) is 8.02. The van der Waals surface area contributed by atoms with E-state index < -0.39 is 0 Å². The lowest BCUT2D eigenvalue weighted by Gasteiger charge is -2.02. The van der Waals surface area contributed by atoms with Crippen molar-refractivity contribution in [1.29, 1.82) is 0 Å². The molecule has 3 heteroatoms. The molecule has 0 fully saturated rings. The second kappa shape index (κ2) is 4.00. The molecule has 1 aromatic rings. The van der Waals surface area contributed by atoms with E-state index in [1.54, 1.807) is 6.08 Å². The minimum absolute atomic E-state index is 0.668. The highest BCUT2D eigenvalue weighted by Crippen LogP contribution is 2.32. The fraction of sp³-hybridized carbons (Fsp3) is 0.357. The van der Waals surface area contributed by atoms with Gasteiger partial charge in [0.05, 0.1) is 30.3 Å². The zero-order valence-electron chi connectivity index (χ0n) is 9.88. The van der Waals surface area contributed by atoms with Crippen molar-refractivity contribution in [3.05, 3.63) is 41.7 Å². The van der Waals surface area contributed by atoms with E-state index in [0.717, 1.165) is 36.3 Å². The predicted octanol–water partition coefficient (Wildman–Crippen LogP) is 2.83. The van der Waals surface area contributed by atoms with E-state index in [9.17, 15) is 0 Å². The van der Waals surface area contributed by atoms with Gasteiger partial charge in [-0.3, -0.25) is 4.99 Å². The number of hydrogen-bond donors (Lipinski definition) is 1. The normalized spacial score (nSPS) is 18.0. The standard InChI is InChI=1S/C14H16N2O/c1-3-9(2)13-10-7-17-8-11(10)14(16-13)12-5-4-6-15-12/h3,16H,1-2,4-8H2. The summed E-state index contributed by atoms with van der Waals surface area (Å²) in [5.74, 6) is 0. The lowest BCUT2D eigenvalue weighted by Crippen LogP contribution is -2.01. The molecule has 0 atom stereocenters. The van der Waals surface area contributed by atoms with E-state index in [4.69, 9.17) is 4.74 Å². The van der Waals surface area contributed by atoms with Crippen molar-refractivity contribution in [2.75, 3.05) is 6.54 Å². The van der Waals surface area contributed by atoms with Crippen molar-refractivity contribution < 1.29 is 4.74 Å². The van der Waals surface area contributed by atoms with Gasteiger partial charge in [-0.25, -0.2) is 0 Å². The molecule has 0 radical (unpaired) electrons. The highest BCUT2D eigenvalue weighted by Gasteiger charge is 2.26. The largest absolute Gasteiger partial charge is 0.372 e. The minimum Gasteiger partial charge on any atom is -0.372 e. The molecule has 2 aliphatic rings. The van der Waals surface area contributed by atoms with Gasteiger partial charge in [-0.2, -0.15) is 0 Å². The first kappa shape index (κ1) is 10.5. The zero-order valence-corrected chi connectivity index (χ0v) is 9.88. The van der Waals surface area contributed by atoms with Crippen molar-refractivity contribution in [1.82, 2.24) is 4.98 Å². The Balaban J connectivity index is 2.11. The van der Waals surface area contributed by atoms with Gasteiger partial charge in [0.25, 0.3) is 0 Å². The maximum absolute atomic E-state index is 5.54. The van der Waals surface area contributed by atoms with Crippen LogP contribution in [0, 0.1) is 0 Å². The summed E-state index contributed by atoms with van der Waals surface area (Å²) >= 11 is 0. The molecule has 3 rings (SSSR count). The summed E-state index contributed by atoms with van der Waals surface area (Å²) in [6, 6.07) is 0. The van der Waals surface area contributed by atoms with Gasteiger partial charge < -0.3 is 9.72 Å². The number of nitrogens with one attached hydrogen (secondary N) is 1. The second-order valence-corrected chi connectivity index (χ2v) is 4.49. The summed E-state index contributed by atoms with van der Waals surface area (Å²) < 4.78 is 5.54. The Labute approximate surface area is 101 Å². The molecule has 0 saturated carbocycles. The number of ether oxygens (including phenoxy) is 1. The lowest BCUT2D eigenvalue weighted by molar-refractivity contribution is 0.133. The first-order valence-electron chi connectivity index (χ1n) is 5.98. The van der Waals surface area contributed by atoms with E-state index in [2.05, 4.69) is 23.1 Å². The van der Waals surface area contributed by atoms with Crippen molar-refractivity contribution in [2.45, 2.75) is 26.1 Å². The highest BCUT2D eigenvalue weighted by molar-refractivity contribution is 6.02. The van der Waals surface area contributed by atoms with E-state index in [-0.39, 0.29) is 0 Å². The molecule has 0 unspecified atom stereocenters. The molecule has 3 nitrogen and oxygen atoms in total. The van der Waals surface area contributed by atoms with Gasteiger partial charge in [0.2, 0.25) is 0 Å². The van der Waals surface area contributed by atoms with Gasteiger partial charge >= 0.3 is 0 Å². The summed E-state index contributed by atoms with van der Waals surface area (Å²) in [7, 11) is 0. The Hall–Kier alpha value is -1.61. The maximum atomic E-state index is 5.54. The van der Waals surface area contributed by atoms with Crippen molar-refractivity contribution in [3.63, 3.8) is 0 Å². The predicted molar refractivity (Wildman–Crippen MR) is 69.2 cm³/mol. The Morgan fingerprint density at radius 2 is 2.18 bits per heavy atom. The molecule has 0 bridgehead atoms. The Kier molecular flexibility index (Phi) is 2.48. The lowest BCUT2D eigenvalue weighted by atomic mass is 10.1.